The highest BCUT2D eigenvalue weighted by molar-refractivity contribution is 14.1. The van der Waals surface area contributed by atoms with Gasteiger partial charge in [0.1, 0.15) is 11.7 Å². The molecule has 0 bridgehead atoms. The van der Waals surface area contributed by atoms with E-state index in [9.17, 15) is 4.79 Å². The fraction of sp³-hybridized carbons (Fsp3) is 0.692. The number of carbonyl (C=O) groups is 1. The third-order valence-electron chi connectivity index (χ3n) is 2.91. The van der Waals surface area contributed by atoms with Gasteiger partial charge in [-0.15, -0.1) is 0 Å². The lowest BCUT2D eigenvalue weighted by Gasteiger charge is -2.26. The molecule has 7 heteroatoms. The zero-order valence-corrected chi connectivity index (χ0v) is 15.0. The second kappa shape index (κ2) is 6.05. The van der Waals surface area contributed by atoms with Crippen LogP contribution in [0.25, 0.3) is 0 Å². The molecule has 0 aliphatic carbocycles. The summed E-state index contributed by atoms with van der Waals surface area (Å²) in [7, 11) is 0. The molecule has 0 radical (unpaired) electrons. The summed E-state index contributed by atoms with van der Waals surface area (Å²) < 4.78 is 16.5. The standard InChI is InChI=1S/C13H19IN2O3S/c1-8-5-9(18-11-6-10(14)20-15-11)7-16(8)12(17)19-13(2,3)4/h6,8-9H,5,7H2,1-4H3/t8-,9+/m0/s1. The van der Waals surface area contributed by atoms with Crippen LogP contribution in [0.5, 0.6) is 5.88 Å². The van der Waals surface area contributed by atoms with Crippen LogP contribution in [0.2, 0.25) is 0 Å². The van der Waals surface area contributed by atoms with Crippen LogP contribution in [-0.4, -0.2) is 39.7 Å². The van der Waals surface area contributed by atoms with Gasteiger partial charge in [0, 0.05) is 18.5 Å². The third-order valence-corrected chi connectivity index (χ3v) is 4.38. The average molecular weight is 410 g/mol. The summed E-state index contributed by atoms with van der Waals surface area (Å²) in [5, 5.41) is 0. The van der Waals surface area contributed by atoms with E-state index in [1.165, 1.54) is 11.5 Å². The van der Waals surface area contributed by atoms with Crippen molar-refractivity contribution in [2.45, 2.75) is 51.9 Å². The zero-order valence-electron chi connectivity index (χ0n) is 12.1. The maximum atomic E-state index is 12.1. The molecule has 2 rings (SSSR count). The summed E-state index contributed by atoms with van der Waals surface area (Å²) in [5.41, 5.74) is -0.471. The van der Waals surface area contributed by atoms with Crippen molar-refractivity contribution in [3.63, 3.8) is 0 Å². The SMILES string of the molecule is C[C@H]1C[C@@H](Oc2cc(I)sn2)CN1C(=O)OC(C)(C)C. The van der Waals surface area contributed by atoms with Crippen LogP contribution in [0, 0.1) is 2.88 Å². The minimum Gasteiger partial charge on any atom is -0.472 e. The second-order valence-corrected chi connectivity index (χ2v) is 8.63. The fourth-order valence-corrected chi connectivity index (χ4v) is 3.09. The van der Waals surface area contributed by atoms with E-state index in [0.717, 1.165) is 9.30 Å². The molecule has 1 fully saturated rings. The summed E-state index contributed by atoms with van der Waals surface area (Å²) in [5.74, 6) is 0.641. The number of likely N-dealkylation sites (tertiary alicyclic amines) is 1. The molecule has 112 valence electrons. The largest absolute Gasteiger partial charge is 0.472 e. The molecule has 1 aliphatic heterocycles. The molecular weight excluding hydrogens is 391 g/mol. The van der Waals surface area contributed by atoms with Crippen LogP contribution >= 0.6 is 34.1 Å². The van der Waals surface area contributed by atoms with Gasteiger partial charge >= 0.3 is 6.09 Å². The normalized spacial score (nSPS) is 22.9. The van der Waals surface area contributed by atoms with E-state index in [0.29, 0.717) is 12.4 Å². The lowest BCUT2D eigenvalue weighted by atomic mass is 10.2. The Bertz CT molecular complexity index is 486. The molecular formula is C13H19IN2O3S. The molecule has 0 aromatic carbocycles. The molecule has 2 atom stereocenters. The summed E-state index contributed by atoms with van der Waals surface area (Å²) in [6.45, 7) is 8.17. The Morgan fingerprint density at radius 2 is 2.25 bits per heavy atom. The maximum absolute atomic E-state index is 12.1. The van der Waals surface area contributed by atoms with Crippen molar-refractivity contribution in [2.75, 3.05) is 6.54 Å². The molecule has 0 saturated carbocycles. The molecule has 20 heavy (non-hydrogen) atoms. The Morgan fingerprint density at radius 3 is 2.80 bits per heavy atom. The highest BCUT2D eigenvalue weighted by Gasteiger charge is 2.36. The molecule has 0 spiro atoms. The predicted molar refractivity (Wildman–Crippen MR) is 86.3 cm³/mol. The van der Waals surface area contributed by atoms with Crippen LogP contribution in [0.15, 0.2) is 6.07 Å². The highest BCUT2D eigenvalue weighted by atomic mass is 127. The molecule has 0 N–H and O–H groups in total. The number of carbonyl (C=O) groups excluding carboxylic acids is 1. The second-order valence-electron chi connectivity index (χ2n) is 5.93. The number of aromatic nitrogens is 1. The third kappa shape index (κ3) is 4.21. The van der Waals surface area contributed by atoms with Crippen LogP contribution in [-0.2, 0) is 4.74 Å². The number of hydrogen-bond acceptors (Lipinski definition) is 5. The smallest absolute Gasteiger partial charge is 0.410 e. The van der Waals surface area contributed by atoms with E-state index >= 15 is 0 Å². The Labute approximate surface area is 136 Å². The quantitative estimate of drug-likeness (QED) is 0.701. The van der Waals surface area contributed by atoms with Gasteiger partial charge in [-0.1, -0.05) is 0 Å². The lowest BCUT2D eigenvalue weighted by molar-refractivity contribution is 0.0223. The number of halogens is 1. The van der Waals surface area contributed by atoms with Crippen molar-refractivity contribution in [2.24, 2.45) is 0 Å². The van der Waals surface area contributed by atoms with Gasteiger partial charge in [-0.2, -0.15) is 4.37 Å². The predicted octanol–water partition coefficient (Wildman–Crippen LogP) is 3.52. The van der Waals surface area contributed by atoms with Crippen molar-refractivity contribution < 1.29 is 14.3 Å². The van der Waals surface area contributed by atoms with Gasteiger partial charge in [-0.25, -0.2) is 4.79 Å². The van der Waals surface area contributed by atoms with E-state index < -0.39 is 5.60 Å². The van der Waals surface area contributed by atoms with Crippen LogP contribution in [0.1, 0.15) is 34.1 Å². The summed E-state index contributed by atoms with van der Waals surface area (Å²) in [4.78, 5) is 13.8. The van der Waals surface area contributed by atoms with Gasteiger partial charge < -0.3 is 14.4 Å². The fourth-order valence-electron chi connectivity index (χ4n) is 2.11. The number of amides is 1. The Kier molecular flexibility index (Phi) is 4.78. The first-order valence-corrected chi connectivity index (χ1v) is 8.38. The van der Waals surface area contributed by atoms with Gasteiger partial charge in [0.05, 0.1) is 9.43 Å². The Hall–Kier alpha value is -0.570. The summed E-state index contributed by atoms with van der Waals surface area (Å²) >= 11 is 3.62. The van der Waals surface area contributed by atoms with E-state index in [1.54, 1.807) is 4.90 Å². The molecule has 2 heterocycles. The number of rotatable bonds is 2. The van der Waals surface area contributed by atoms with Gasteiger partial charge in [0.15, 0.2) is 0 Å². The Balaban J connectivity index is 1.93. The van der Waals surface area contributed by atoms with Crippen molar-refractivity contribution >= 4 is 40.2 Å². The minimum absolute atomic E-state index is 0.0181. The molecule has 1 aromatic heterocycles. The first-order chi connectivity index (χ1) is 9.24. The van der Waals surface area contributed by atoms with E-state index in [4.69, 9.17) is 9.47 Å². The highest BCUT2D eigenvalue weighted by Crippen LogP contribution is 2.26. The van der Waals surface area contributed by atoms with Crippen LogP contribution < -0.4 is 4.74 Å². The van der Waals surface area contributed by atoms with E-state index in [1.807, 2.05) is 33.8 Å². The van der Waals surface area contributed by atoms with Gasteiger partial charge in [-0.05, 0) is 61.8 Å². The molecule has 1 aromatic rings. The molecule has 5 nitrogen and oxygen atoms in total. The van der Waals surface area contributed by atoms with Gasteiger partial charge in [0.25, 0.3) is 0 Å². The van der Waals surface area contributed by atoms with Gasteiger partial charge in [0.2, 0.25) is 5.88 Å². The summed E-state index contributed by atoms with van der Waals surface area (Å²) in [6.07, 6.45) is 0.507. The first-order valence-electron chi connectivity index (χ1n) is 6.53. The number of ether oxygens (including phenoxy) is 2. The summed E-state index contributed by atoms with van der Waals surface area (Å²) in [6, 6.07) is 2.03. The van der Waals surface area contributed by atoms with Gasteiger partial charge in [-0.3, -0.25) is 0 Å². The molecule has 1 saturated heterocycles. The van der Waals surface area contributed by atoms with Crippen LogP contribution in [0.3, 0.4) is 0 Å². The van der Waals surface area contributed by atoms with Crippen molar-refractivity contribution in [1.82, 2.24) is 9.27 Å². The topological polar surface area (TPSA) is 51.7 Å². The number of nitrogens with zero attached hydrogens (tertiary/aromatic N) is 2. The lowest BCUT2D eigenvalue weighted by Crippen LogP contribution is -2.39. The van der Waals surface area contributed by atoms with Crippen LogP contribution in [0.4, 0.5) is 4.79 Å². The monoisotopic (exact) mass is 410 g/mol. The Morgan fingerprint density at radius 1 is 1.55 bits per heavy atom. The molecule has 0 unspecified atom stereocenters. The first kappa shape index (κ1) is 15.8. The van der Waals surface area contributed by atoms with E-state index in [2.05, 4.69) is 27.0 Å². The van der Waals surface area contributed by atoms with Crippen molar-refractivity contribution in [3.8, 4) is 5.88 Å². The van der Waals surface area contributed by atoms with E-state index in [-0.39, 0.29) is 18.2 Å². The minimum atomic E-state index is -0.471. The average Bonchev–Trinajstić information content (AvgIpc) is 2.83. The molecule has 1 amide bonds. The van der Waals surface area contributed by atoms with Crippen molar-refractivity contribution in [1.29, 1.82) is 0 Å². The number of hydrogen-bond donors (Lipinski definition) is 0. The van der Waals surface area contributed by atoms with Crippen molar-refractivity contribution in [3.05, 3.63) is 8.95 Å². The maximum Gasteiger partial charge on any atom is 0.410 e. The zero-order chi connectivity index (χ0) is 14.9. The molecule has 1 aliphatic rings.